The Kier molecular flexibility index (Phi) is 5.03. The highest BCUT2D eigenvalue weighted by Gasteiger charge is 2.24. The molecule has 0 saturated carbocycles. The minimum Gasteiger partial charge on any atom is -0.489 e. The van der Waals surface area contributed by atoms with Gasteiger partial charge in [-0.3, -0.25) is 4.79 Å². The predicted molar refractivity (Wildman–Crippen MR) is 90.3 cm³/mol. The predicted octanol–water partition coefficient (Wildman–Crippen LogP) is 2.94. The smallest absolute Gasteiger partial charge is 0.262 e. The van der Waals surface area contributed by atoms with Gasteiger partial charge in [-0.25, -0.2) is 0 Å². The van der Waals surface area contributed by atoms with Crippen LogP contribution in [0.2, 0.25) is 0 Å². The normalized spacial score (nSPS) is 13.7. The summed E-state index contributed by atoms with van der Waals surface area (Å²) in [5.74, 6) is 0.527. The van der Waals surface area contributed by atoms with Crippen LogP contribution in [0, 0.1) is 0 Å². The van der Waals surface area contributed by atoms with Gasteiger partial charge in [0.1, 0.15) is 18.1 Å². The van der Waals surface area contributed by atoms with Crippen LogP contribution < -0.4 is 14.8 Å². The van der Waals surface area contributed by atoms with Gasteiger partial charge in [0.15, 0.2) is 6.61 Å². The molecule has 0 bridgehead atoms. The summed E-state index contributed by atoms with van der Waals surface area (Å²) in [6.45, 7) is 0.0428. The maximum atomic E-state index is 11.6. The third kappa shape index (κ3) is 4.00. The van der Waals surface area contributed by atoms with E-state index in [1.165, 1.54) is 0 Å². The Balaban J connectivity index is 1.89. The average Bonchev–Trinajstić information content (AvgIpc) is 2.64. The molecular formula is C17H16N4O4. The van der Waals surface area contributed by atoms with E-state index in [0.717, 1.165) is 5.56 Å². The van der Waals surface area contributed by atoms with Crippen molar-refractivity contribution in [1.82, 2.24) is 0 Å². The summed E-state index contributed by atoms with van der Waals surface area (Å²) in [6.07, 6.45) is -1.07. The van der Waals surface area contributed by atoms with Crippen LogP contribution in [0.15, 0.2) is 47.6 Å². The zero-order chi connectivity index (χ0) is 17.6. The number of rotatable bonds is 6. The van der Waals surface area contributed by atoms with Gasteiger partial charge in [-0.2, -0.15) is 0 Å². The molecule has 8 heteroatoms. The van der Waals surface area contributed by atoms with Gasteiger partial charge in [-0.05, 0) is 17.2 Å². The summed E-state index contributed by atoms with van der Waals surface area (Å²) in [7, 11) is 0. The van der Waals surface area contributed by atoms with Crippen LogP contribution in [-0.4, -0.2) is 24.2 Å². The molecular weight excluding hydrogens is 324 g/mol. The van der Waals surface area contributed by atoms with Gasteiger partial charge in [0.25, 0.3) is 5.91 Å². The van der Waals surface area contributed by atoms with Crippen LogP contribution in [0.25, 0.3) is 10.4 Å². The van der Waals surface area contributed by atoms with E-state index in [9.17, 15) is 9.90 Å². The fourth-order valence-corrected chi connectivity index (χ4v) is 2.49. The molecule has 1 atom stereocenters. The largest absolute Gasteiger partial charge is 0.489 e. The molecule has 1 aliphatic heterocycles. The summed E-state index contributed by atoms with van der Waals surface area (Å²) >= 11 is 0. The molecule has 8 nitrogen and oxygen atoms in total. The Hall–Kier alpha value is -3.22. The van der Waals surface area contributed by atoms with E-state index in [-0.39, 0.29) is 19.1 Å². The molecule has 1 amide bonds. The third-order valence-electron chi connectivity index (χ3n) is 3.64. The lowest BCUT2D eigenvalue weighted by Gasteiger charge is -2.23. The number of fused-ring (bicyclic) bond motifs is 1. The molecule has 0 unspecified atom stereocenters. The lowest BCUT2D eigenvalue weighted by molar-refractivity contribution is -0.118. The van der Waals surface area contributed by atoms with Crippen LogP contribution in [0.4, 0.5) is 5.69 Å². The minimum absolute atomic E-state index is 0.140. The number of nitrogens with zero attached hydrogens (tertiary/aromatic N) is 3. The number of ether oxygens (including phenoxy) is 2. The van der Waals surface area contributed by atoms with Gasteiger partial charge in [0, 0.05) is 16.5 Å². The quantitative estimate of drug-likeness (QED) is 0.477. The van der Waals surface area contributed by atoms with E-state index in [4.69, 9.17) is 15.0 Å². The average molecular weight is 340 g/mol. The fourth-order valence-electron chi connectivity index (χ4n) is 2.49. The van der Waals surface area contributed by atoms with Crippen molar-refractivity contribution in [1.29, 1.82) is 0 Å². The third-order valence-corrected chi connectivity index (χ3v) is 3.64. The molecule has 25 heavy (non-hydrogen) atoms. The number of hydrogen-bond donors (Lipinski definition) is 2. The van der Waals surface area contributed by atoms with Crippen molar-refractivity contribution in [3.63, 3.8) is 0 Å². The number of aliphatic hydroxyl groups is 1. The van der Waals surface area contributed by atoms with Gasteiger partial charge in [0.2, 0.25) is 0 Å². The number of hydrogen-bond acceptors (Lipinski definition) is 5. The van der Waals surface area contributed by atoms with Crippen LogP contribution in [0.3, 0.4) is 0 Å². The van der Waals surface area contributed by atoms with E-state index in [1.54, 1.807) is 12.1 Å². The molecule has 1 aliphatic rings. The molecule has 1 heterocycles. The van der Waals surface area contributed by atoms with Gasteiger partial charge >= 0.3 is 0 Å². The lowest BCUT2D eigenvalue weighted by Crippen LogP contribution is -2.26. The van der Waals surface area contributed by atoms with Gasteiger partial charge in [-0.15, -0.1) is 0 Å². The first-order valence-corrected chi connectivity index (χ1v) is 7.63. The number of carbonyl (C=O) groups is 1. The fraction of sp³-hybridized carbons (Fsp3) is 0.235. The topological polar surface area (TPSA) is 117 Å². The second-order valence-electron chi connectivity index (χ2n) is 5.43. The summed E-state index contributed by atoms with van der Waals surface area (Å²) in [5.41, 5.74) is 10.2. The number of carbonyl (C=O) groups excluding carboxylic acids is 1. The van der Waals surface area contributed by atoms with E-state index < -0.39 is 6.10 Å². The highest BCUT2D eigenvalue weighted by Crippen LogP contribution is 2.39. The molecule has 3 rings (SSSR count). The molecule has 0 fully saturated rings. The zero-order valence-electron chi connectivity index (χ0n) is 13.3. The Morgan fingerprint density at radius 3 is 2.92 bits per heavy atom. The number of benzene rings is 2. The Bertz CT molecular complexity index is 819. The molecule has 2 aromatic rings. The number of aliphatic hydroxyl groups excluding tert-OH is 1. The first-order chi connectivity index (χ1) is 12.2. The van der Waals surface area contributed by atoms with Gasteiger partial charge < -0.3 is 19.9 Å². The molecule has 0 spiro atoms. The number of azide groups is 1. The van der Waals surface area contributed by atoms with Crippen molar-refractivity contribution in [3.05, 3.63) is 64.0 Å². The van der Waals surface area contributed by atoms with E-state index in [1.807, 2.05) is 30.3 Å². The van der Waals surface area contributed by atoms with Crippen molar-refractivity contribution >= 4 is 11.6 Å². The monoisotopic (exact) mass is 340 g/mol. The Labute approximate surface area is 143 Å². The van der Waals surface area contributed by atoms with Gasteiger partial charge in [0.05, 0.1) is 18.3 Å². The van der Waals surface area contributed by atoms with Crippen LogP contribution in [0.1, 0.15) is 17.2 Å². The van der Waals surface area contributed by atoms with Crippen molar-refractivity contribution in [2.45, 2.75) is 12.7 Å². The van der Waals surface area contributed by atoms with E-state index >= 15 is 0 Å². The van der Waals surface area contributed by atoms with E-state index in [2.05, 4.69) is 15.3 Å². The summed E-state index contributed by atoms with van der Waals surface area (Å²) in [4.78, 5) is 14.2. The first-order valence-electron chi connectivity index (χ1n) is 7.63. The SMILES string of the molecule is [N-]=[N+]=NC[C@H](O)c1cc(OCc2ccccc2)cc2c1OCC(=O)N2. The number of amides is 1. The minimum atomic E-state index is -1.07. The van der Waals surface area contributed by atoms with Crippen LogP contribution in [-0.2, 0) is 11.4 Å². The van der Waals surface area contributed by atoms with E-state index in [0.29, 0.717) is 29.4 Å². The standard InChI is InChI=1S/C17H16N4O4/c18-21-19-8-15(22)13-6-12(24-9-11-4-2-1-3-5-11)7-14-17(13)25-10-16(23)20-14/h1-7,15,22H,8-10H2,(H,20,23)/t15-/m0/s1. The molecule has 2 aromatic carbocycles. The second-order valence-corrected chi connectivity index (χ2v) is 5.43. The summed E-state index contributed by atoms with van der Waals surface area (Å²) in [5, 5.41) is 16.3. The maximum absolute atomic E-state index is 11.6. The van der Waals surface area contributed by atoms with Crippen molar-refractivity contribution in [3.8, 4) is 11.5 Å². The maximum Gasteiger partial charge on any atom is 0.262 e. The highest BCUT2D eigenvalue weighted by molar-refractivity contribution is 5.96. The van der Waals surface area contributed by atoms with Gasteiger partial charge in [-0.1, -0.05) is 35.4 Å². The lowest BCUT2D eigenvalue weighted by atomic mass is 10.1. The summed E-state index contributed by atoms with van der Waals surface area (Å²) in [6, 6.07) is 12.9. The summed E-state index contributed by atoms with van der Waals surface area (Å²) < 4.78 is 11.2. The molecule has 0 aliphatic carbocycles. The number of nitrogens with one attached hydrogen (secondary N) is 1. The van der Waals surface area contributed by atoms with Crippen LogP contribution >= 0.6 is 0 Å². The molecule has 0 radical (unpaired) electrons. The first kappa shape index (κ1) is 16.6. The molecule has 2 N–H and O–H groups in total. The molecule has 128 valence electrons. The Morgan fingerprint density at radius 2 is 2.16 bits per heavy atom. The van der Waals surface area contributed by atoms with Crippen molar-refractivity contribution < 1.29 is 19.4 Å². The number of anilines is 1. The molecule has 0 aromatic heterocycles. The van der Waals surface area contributed by atoms with Crippen molar-refractivity contribution in [2.75, 3.05) is 18.5 Å². The molecule has 0 saturated heterocycles. The second kappa shape index (κ2) is 7.57. The highest BCUT2D eigenvalue weighted by atomic mass is 16.5. The zero-order valence-corrected chi connectivity index (χ0v) is 13.3. The Morgan fingerprint density at radius 1 is 1.36 bits per heavy atom. The van der Waals surface area contributed by atoms with Crippen LogP contribution in [0.5, 0.6) is 11.5 Å². The van der Waals surface area contributed by atoms with Crippen molar-refractivity contribution in [2.24, 2.45) is 5.11 Å².